The summed E-state index contributed by atoms with van der Waals surface area (Å²) in [7, 11) is -1.84. The van der Waals surface area contributed by atoms with E-state index in [1.807, 2.05) is 24.3 Å². The molecule has 6 heteroatoms. The van der Waals surface area contributed by atoms with Crippen LogP contribution in [0.15, 0.2) is 24.3 Å². The van der Waals surface area contributed by atoms with Gasteiger partial charge in [-0.25, -0.2) is 0 Å². The molecule has 0 spiro atoms. The van der Waals surface area contributed by atoms with Gasteiger partial charge in [0.1, 0.15) is 18.3 Å². The van der Waals surface area contributed by atoms with Crippen LogP contribution in [-0.2, 0) is 13.9 Å². The second kappa shape index (κ2) is 7.84. The van der Waals surface area contributed by atoms with Gasteiger partial charge in [-0.15, -0.1) is 6.42 Å². The first-order valence-corrected chi connectivity index (χ1v) is 12.4. The topological polar surface area (TPSA) is 46.2 Å². The molecular weight excluding hydrogens is 360 g/mol. The van der Waals surface area contributed by atoms with Crippen LogP contribution in [0, 0.1) is 12.3 Å². The Morgan fingerprint density at radius 3 is 2.33 bits per heavy atom. The highest BCUT2D eigenvalue weighted by Crippen LogP contribution is 2.41. The fraction of sp³-hybridized carbons (Fsp3) is 0.619. The maximum atomic E-state index is 6.43. The van der Waals surface area contributed by atoms with Crippen molar-refractivity contribution in [2.75, 3.05) is 13.4 Å². The van der Waals surface area contributed by atoms with E-state index >= 15 is 0 Å². The number of ether oxygens (including phenoxy) is 4. The zero-order chi connectivity index (χ0) is 19.7. The average Bonchev–Trinajstić information content (AvgIpc) is 3.31. The molecule has 3 heterocycles. The minimum Gasteiger partial charge on any atom is -0.454 e. The molecule has 27 heavy (non-hydrogen) atoms. The monoisotopic (exact) mass is 390 g/mol. The molecule has 2 saturated heterocycles. The first-order chi connectivity index (χ1) is 12.7. The van der Waals surface area contributed by atoms with Crippen molar-refractivity contribution in [1.29, 1.82) is 0 Å². The van der Waals surface area contributed by atoms with Crippen LogP contribution in [0.25, 0.3) is 0 Å². The summed E-state index contributed by atoms with van der Waals surface area (Å²) in [5.74, 6) is 4.40. The minimum absolute atomic E-state index is 0.0279. The van der Waals surface area contributed by atoms with Gasteiger partial charge in [-0.2, -0.15) is 0 Å². The molecule has 0 radical (unpaired) electrons. The van der Waals surface area contributed by atoms with Gasteiger partial charge >= 0.3 is 0 Å². The molecule has 3 aliphatic heterocycles. The van der Waals surface area contributed by atoms with Gasteiger partial charge in [-0.05, 0) is 36.7 Å². The third-order valence-corrected chi connectivity index (χ3v) is 10.2. The largest absolute Gasteiger partial charge is 0.454 e. The van der Waals surface area contributed by atoms with Crippen LogP contribution in [0.5, 0.6) is 11.5 Å². The van der Waals surface area contributed by atoms with Crippen molar-refractivity contribution >= 4 is 8.32 Å². The Kier molecular flexibility index (Phi) is 5.87. The number of benzene rings is 1. The van der Waals surface area contributed by atoms with Crippen LogP contribution in [0.3, 0.4) is 0 Å². The van der Waals surface area contributed by atoms with Crippen molar-refractivity contribution in [3.63, 3.8) is 0 Å². The van der Waals surface area contributed by atoms with Crippen LogP contribution in [0.4, 0.5) is 0 Å². The number of hydrogen-bond donors (Lipinski definition) is 0. The highest BCUT2D eigenvalue weighted by Gasteiger charge is 2.51. The van der Waals surface area contributed by atoms with Crippen LogP contribution in [-0.4, -0.2) is 46.1 Å². The lowest BCUT2D eigenvalue weighted by Crippen LogP contribution is -2.49. The molecule has 0 N–H and O–H groups in total. The van der Waals surface area contributed by atoms with Gasteiger partial charge in [-0.3, -0.25) is 0 Å². The fourth-order valence-corrected chi connectivity index (χ4v) is 4.40. The first-order valence-electron chi connectivity index (χ1n) is 9.48. The minimum atomic E-state index is -1.84. The molecule has 1 unspecified atom stereocenters. The second-order valence-corrected chi connectivity index (χ2v) is 13.3. The third kappa shape index (κ3) is 4.32. The summed E-state index contributed by atoms with van der Waals surface area (Å²) in [5, 5.41) is 0.169. The van der Waals surface area contributed by atoms with Crippen molar-refractivity contribution in [2.45, 2.75) is 69.7 Å². The van der Waals surface area contributed by atoms with E-state index in [9.17, 15) is 0 Å². The van der Waals surface area contributed by atoms with Crippen LogP contribution >= 0.6 is 0 Å². The van der Waals surface area contributed by atoms with Crippen LogP contribution in [0.2, 0.25) is 18.1 Å². The van der Waals surface area contributed by atoms with E-state index in [2.05, 4.69) is 39.8 Å². The molecule has 0 aliphatic carbocycles. The normalized spacial score (nSPS) is 28.9. The number of fused-ring (bicyclic) bond motifs is 2. The Morgan fingerprint density at radius 2 is 1.78 bits per heavy atom. The van der Waals surface area contributed by atoms with Gasteiger partial charge in [-0.1, -0.05) is 38.8 Å². The molecule has 5 nitrogen and oxygen atoms in total. The SMILES string of the molecule is C#CC1O[C@@H]2CCO[C@@H]2[C@@H]1O[Si](C)(C)C(C)(C)C.c1ccc2c(c1)OCO2. The molecule has 0 amide bonds. The summed E-state index contributed by atoms with van der Waals surface area (Å²) in [6, 6.07) is 7.63. The van der Waals surface area contributed by atoms with Gasteiger partial charge in [0, 0.05) is 6.61 Å². The number of rotatable bonds is 2. The standard InChI is InChI=1S/C14H24O3Si.C7H6O2/c1-7-10-13(12-11(16-10)8-9-15-12)17-18(5,6)14(2,3)4;1-2-4-7-6(3-1)8-5-9-7/h1,10-13H,8-9H2,2-6H3;1-4H,5H2/t10?,11-,12+,13-;/m1./s1. The zero-order valence-electron chi connectivity index (χ0n) is 16.9. The Balaban J connectivity index is 0.000000193. The highest BCUT2D eigenvalue weighted by molar-refractivity contribution is 6.74. The number of para-hydroxylation sites is 2. The summed E-state index contributed by atoms with van der Waals surface area (Å²) in [6.07, 6.45) is 6.30. The summed E-state index contributed by atoms with van der Waals surface area (Å²) in [5.41, 5.74) is 0. The van der Waals surface area contributed by atoms with Gasteiger partial charge in [0.15, 0.2) is 19.8 Å². The molecular formula is C21H30O5Si. The van der Waals surface area contributed by atoms with Gasteiger partial charge in [0.2, 0.25) is 6.79 Å². The molecule has 3 aliphatic rings. The summed E-state index contributed by atoms with van der Waals surface area (Å²) >= 11 is 0. The predicted octanol–water partition coefficient (Wildman–Crippen LogP) is 3.98. The fourth-order valence-electron chi connectivity index (χ4n) is 3.11. The van der Waals surface area contributed by atoms with Crippen molar-refractivity contribution in [2.24, 2.45) is 0 Å². The van der Waals surface area contributed by atoms with E-state index in [1.54, 1.807) is 0 Å². The third-order valence-electron chi connectivity index (χ3n) is 5.70. The van der Waals surface area contributed by atoms with E-state index in [1.165, 1.54) is 0 Å². The molecule has 0 aromatic heterocycles. The molecule has 0 bridgehead atoms. The molecule has 1 aromatic rings. The van der Waals surface area contributed by atoms with Gasteiger partial charge in [0.25, 0.3) is 0 Å². The summed E-state index contributed by atoms with van der Waals surface area (Å²) in [4.78, 5) is 0. The number of hydrogen-bond acceptors (Lipinski definition) is 5. The van der Waals surface area contributed by atoms with Crippen molar-refractivity contribution < 1.29 is 23.4 Å². The Hall–Kier alpha value is -1.52. The predicted molar refractivity (Wildman–Crippen MR) is 106 cm³/mol. The molecule has 0 saturated carbocycles. The molecule has 148 valence electrons. The van der Waals surface area contributed by atoms with Crippen molar-refractivity contribution in [1.82, 2.24) is 0 Å². The Labute approximate surface area is 163 Å². The smallest absolute Gasteiger partial charge is 0.231 e. The molecule has 4 atom stereocenters. The lowest BCUT2D eigenvalue weighted by Gasteiger charge is -2.39. The second-order valence-electron chi connectivity index (χ2n) is 8.58. The maximum Gasteiger partial charge on any atom is 0.231 e. The van der Waals surface area contributed by atoms with Crippen LogP contribution in [0.1, 0.15) is 27.2 Å². The quantitative estimate of drug-likeness (QED) is 0.565. The van der Waals surface area contributed by atoms with Gasteiger partial charge in [0.05, 0.1) is 6.10 Å². The molecule has 2 fully saturated rings. The van der Waals surface area contributed by atoms with E-state index < -0.39 is 8.32 Å². The van der Waals surface area contributed by atoms with Crippen molar-refractivity contribution in [3.05, 3.63) is 24.3 Å². The number of terminal acetylenes is 1. The summed E-state index contributed by atoms with van der Waals surface area (Å²) in [6.45, 7) is 12.3. The Bertz CT molecular complexity index is 668. The van der Waals surface area contributed by atoms with Crippen LogP contribution < -0.4 is 9.47 Å². The lowest BCUT2D eigenvalue weighted by molar-refractivity contribution is 0.0157. The molecule has 4 rings (SSSR count). The first kappa shape index (κ1) is 20.2. The zero-order valence-corrected chi connectivity index (χ0v) is 17.9. The van der Waals surface area contributed by atoms with E-state index in [-0.39, 0.29) is 29.5 Å². The highest BCUT2D eigenvalue weighted by atomic mass is 28.4. The lowest BCUT2D eigenvalue weighted by atomic mass is 10.1. The average molecular weight is 391 g/mol. The van der Waals surface area contributed by atoms with E-state index in [0.717, 1.165) is 24.5 Å². The maximum absolute atomic E-state index is 6.43. The molecule has 1 aromatic carbocycles. The van der Waals surface area contributed by atoms with Crippen molar-refractivity contribution in [3.8, 4) is 23.8 Å². The van der Waals surface area contributed by atoms with Gasteiger partial charge < -0.3 is 23.4 Å². The Morgan fingerprint density at radius 1 is 1.15 bits per heavy atom. The van der Waals surface area contributed by atoms with E-state index in [4.69, 9.17) is 29.8 Å². The van der Waals surface area contributed by atoms with E-state index in [0.29, 0.717) is 6.79 Å². The summed E-state index contributed by atoms with van der Waals surface area (Å²) < 4.78 is 28.2.